The lowest BCUT2D eigenvalue weighted by Gasteiger charge is -2.37. The van der Waals surface area contributed by atoms with Gasteiger partial charge in [-0.3, -0.25) is 4.90 Å². The Bertz CT molecular complexity index is 656. The van der Waals surface area contributed by atoms with Crippen molar-refractivity contribution in [2.24, 2.45) is 5.92 Å². The van der Waals surface area contributed by atoms with E-state index in [9.17, 15) is 0 Å². The van der Waals surface area contributed by atoms with Crippen LogP contribution in [0.2, 0.25) is 10.0 Å². The number of thiocarbonyl (C=S) groups is 1. The summed E-state index contributed by atoms with van der Waals surface area (Å²) in [4.78, 5) is 4.96. The minimum Gasteiger partial charge on any atom is -0.368 e. The smallest absolute Gasteiger partial charge is 0.166 e. The number of hydrogen-bond acceptors (Lipinski definition) is 3. The topological polar surface area (TPSA) is 30.5 Å². The molecule has 0 atom stereocenters. The van der Waals surface area contributed by atoms with E-state index in [1.54, 1.807) is 0 Å². The molecule has 4 nitrogen and oxygen atoms in total. The maximum absolute atomic E-state index is 6.39. The Labute approximate surface area is 191 Å². The molecule has 1 aliphatic heterocycles. The van der Waals surface area contributed by atoms with Crippen molar-refractivity contribution in [3.63, 3.8) is 0 Å². The Hall–Kier alpha value is -0.750. The maximum atomic E-state index is 6.39. The number of halogens is 2. The number of piperazine rings is 1. The summed E-state index contributed by atoms with van der Waals surface area (Å²) >= 11 is 17.9. The molecule has 0 bridgehead atoms. The molecule has 1 aromatic rings. The molecule has 0 amide bonds. The summed E-state index contributed by atoms with van der Waals surface area (Å²) in [7, 11) is 0. The van der Waals surface area contributed by atoms with Crippen molar-refractivity contribution in [2.45, 2.75) is 51.5 Å². The van der Waals surface area contributed by atoms with E-state index in [1.807, 2.05) is 12.1 Å². The predicted molar refractivity (Wildman–Crippen MR) is 130 cm³/mol. The van der Waals surface area contributed by atoms with Crippen molar-refractivity contribution in [1.82, 2.24) is 15.5 Å². The molecule has 3 rings (SSSR count). The van der Waals surface area contributed by atoms with Crippen LogP contribution in [0.25, 0.3) is 0 Å². The molecule has 0 unspecified atom stereocenters. The third-order valence-electron chi connectivity index (χ3n) is 6.22. The summed E-state index contributed by atoms with van der Waals surface area (Å²) in [5.74, 6) is 0.852. The van der Waals surface area contributed by atoms with Gasteiger partial charge in [-0.05, 0) is 75.3 Å². The standard InChI is InChI=1S/C22H34Cl2N4S/c1-2-11-25-22(29)26-18-8-6-17(7-9-18)10-12-27-13-15-28(16-14-27)20-5-3-4-19(23)21(20)24/h3-5,17-18H,2,6-16H2,1H3,(H2,25,26,29)/t17-,18-. The van der Waals surface area contributed by atoms with Crippen LogP contribution < -0.4 is 15.5 Å². The van der Waals surface area contributed by atoms with Gasteiger partial charge in [0.15, 0.2) is 5.11 Å². The van der Waals surface area contributed by atoms with Gasteiger partial charge in [0, 0.05) is 38.8 Å². The van der Waals surface area contributed by atoms with E-state index in [0.29, 0.717) is 16.1 Å². The zero-order valence-corrected chi connectivity index (χ0v) is 19.8. The van der Waals surface area contributed by atoms with Crippen LogP contribution in [-0.2, 0) is 0 Å². The van der Waals surface area contributed by atoms with Crippen LogP contribution in [0.5, 0.6) is 0 Å². The second-order valence-corrected chi connectivity index (χ2v) is 9.50. The number of anilines is 1. The fraction of sp³-hybridized carbons (Fsp3) is 0.682. The second kappa shape index (κ2) is 11.6. The van der Waals surface area contributed by atoms with Gasteiger partial charge in [0.05, 0.1) is 15.7 Å². The van der Waals surface area contributed by atoms with Gasteiger partial charge < -0.3 is 15.5 Å². The Morgan fingerprint density at radius 3 is 2.52 bits per heavy atom. The van der Waals surface area contributed by atoms with Gasteiger partial charge in [-0.15, -0.1) is 0 Å². The van der Waals surface area contributed by atoms with Gasteiger partial charge in [-0.25, -0.2) is 0 Å². The Morgan fingerprint density at radius 2 is 1.83 bits per heavy atom. The van der Waals surface area contributed by atoms with E-state index in [4.69, 9.17) is 35.4 Å². The first-order valence-electron chi connectivity index (χ1n) is 11.0. The molecule has 2 aliphatic rings. The molecule has 2 fully saturated rings. The molecule has 1 saturated heterocycles. The predicted octanol–water partition coefficient (Wildman–Crippen LogP) is 4.94. The van der Waals surface area contributed by atoms with Gasteiger partial charge in [0.1, 0.15) is 0 Å². The molecule has 7 heteroatoms. The number of rotatable bonds is 7. The van der Waals surface area contributed by atoms with Crippen molar-refractivity contribution in [3.8, 4) is 0 Å². The van der Waals surface area contributed by atoms with E-state index in [-0.39, 0.29) is 0 Å². The van der Waals surface area contributed by atoms with Gasteiger partial charge in [-0.2, -0.15) is 0 Å². The highest BCUT2D eigenvalue weighted by atomic mass is 35.5. The van der Waals surface area contributed by atoms with Gasteiger partial charge in [0.25, 0.3) is 0 Å². The lowest BCUT2D eigenvalue weighted by molar-refractivity contribution is 0.214. The molecule has 0 spiro atoms. The first-order valence-corrected chi connectivity index (χ1v) is 12.2. The van der Waals surface area contributed by atoms with Crippen molar-refractivity contribution in [3.05, 3.63) is 28.2 Å². The molecular weight excluding hydrogens is 423 g/mol. The van der Waals surface area contributed by atoms with E-state index in [1.165, 1.54) is 38.6 Å². The van der Waals surface area contributed by atoms with E-state index in [0.717, 1.165) is 55.9 Å². The normalized spacial score (nSPS) is 23.1. The average molecular weight is 458 g/mol. The third kappa shape index (κ3) is 6.88. The first kappa shape index (κ1) is 22.9. The molecule has 162 valence electrons. The zero-order chi connectivity index (χ0) is 20.6. The summed E-state index contributed by atoms with van der Waals surface area (Å²) < 4.78 is 0. The second-order valence-electron chi connectivity index (χ2n) is 8.31. The summed E-state index contributed by atoms with van der Waals surface area (Å²) in [6.45, 7) is 8.54. The average Bonchev–Trinajstić information content (AvgIpc) is 2.74. The molecule has 2 N–H and O–H groups in total. The summed E-state index contributed by atoms with van der Waals surface area (Å²) in [6.07, 6.45) is 7.51. The van der Waals surface area contributed by atoms with E-state index < -0.39 is 0 Å². The Balaban J connectivity index is 1.33. The molecule has 29 heavy (non-hydrogen) atoms. The van der Waals surface area contributed by atoms with Crippen LogP contribution in [0.4, 0.5) is 5.69 Å². The summed E-state index contributed by atoms with van der Waals surface area (Å²) in [5.41, 5.74) is 1.07. The Kier molecular flexibility index (Phi) is 9.16. The first-order chi connectivity index (χ1) is 14.1. The van der Waals surface area contributed by atoms with E-state index >= 15 is 0 Å². The number of nitrogens with zero attached hydrogens (tertiary/aromatic N) is 2. The minimum absolute atomic E-state index is 0.550. The van der Waals surface area contributed by atoms with Crippen molar-refractivity contribution >= 4 is 46.2 Å². The molecule has 1 aliphatic carbocycles. The van der Waals surface area contributed by atoms with Crippen LogP contribution in [0, 0.1) is 5.92 Å². The monoisotopic (exact) mass is 456 g/mol. The van der Waals surface area contributed by atoms with Crippen molar-refractivity contribution in [2.75, 3.05) is 44.2 Å². The van der Waals surface area contributed by atoms with Crippen LogP contribution in [0.3, 0.4) is 0 Å². The fourth-order valence-electron chi connectivity index (χ4n) is 4.38. The van der Waals surface area contributed by atoms with Gasteiger partial charge >= 0.3 is 0 Å². The molecule has 1 aromatic carbocycles. The molecule has 1 saturated carbocycles. The number of benzene rings is 1. The van der Waals surface area contributed by atoms with Crippen LogP contribution >= 0.6 is 35.4 Å². The highest BCUT2D eigenvalue weighted by molar-refractivity contribution is 7.80. The molecule has 0 radical (unpaired) electrons. The lowest BCUT2D eigenvalue weighted by Crippen LogP contribution is -2.47. The van der Waals surface area contributed by atoms with Crippen LogP contribution in [0.15, 0.2) is 18.2 Å². The zero-order valence-electron chi connectivity index (χ0n) is 17.4. The third-order valence-corrected chi connectivity index (χ3v) is 7.29. The Morgan fingerprint density at radius 1 is 1.10 bits per heavy atom. The summed E-state index contributed by atoms with van der Waals surface area (Å²) in [6, 6.07) is 6.45. The van der Waals surface area contributed by atoms with Crippen molar-refractivity contribution in [1.29, 1.82) is 0 Å². The number of hydrogen-bond donors (Lipinski definition) is 2. The highest BCUT2D eigenvalue weighted by Gasteiger charge is 2.24. The molecule has 1 heterocycles. The fourth-order valence-corrected chi connectivity index (χ4v) is 5.07. The molecule has 0 aromatic heterocycles. The minimum atomic E-state index is 0.550. The quantitative estimate of drug-likeness (QED) is 0.567. The lowest BCUT2D eigenvalue weighted by atomic mass is 9.84. The van der Waals surface area contributed by atoms with Gasteiger partial charge in [-0.1, -0.05) is 36.2 Å². The number of nitrogens with one attached hydrogen (secondary N) is 2. The van der Waals surface area contributed by atoms with Crippen LogP contribution in [-0.4, -0.2) is 55.3 Å². The van der Waals surface area contributed by atoms with E-state index in [2.05, 4.69) is 33.4 Å². The largest absolute Gasteiger partial charge is 0.368 e. The SMILES string of the molecule is CCCNC(=S)N[C@H]1CC[C@H](CCN2CCN(c3cccc(Cl)c3Cl)CC2)CC1. The van der Waals surface area contributed by atoms with Gasteiger partial charge in [0.2, 0.25) is 0 Å². The summed E-state index contributed by atoms with van der Waals surface area (Å²) in [5, 5.41) is 8.91. The van der Waals surface area contributed by atoms with Crippen molar-refractivity contribution < 1.29 is 0 Å². The highest BCUT2D eigenvalue weighted by Crippen LogP contribution is 2.33. The van der Waals surface area contributed by atoms with Crippen LogP contribution in [0.1, 0.15) is 45.4 Å². The maximum Gasteiger partial charge on any atom is 0.166 e. The molecular formula is C22H34Cl2N4S.